The minimum Gasteiger partial charge on any atom is -0.368 e. The first-order valence-electron chi connectivity index (χ1n) is 7.98. The van der Waals surface area contributed by atoms with Gasteiger partial charge in [-0.2, -0.15) is 0 Å². The molecule has 1 N–H and O–H groups in total. The van der Waals surface area contributed by atoms with E-state index in [0.717, 1.165) is 5.69 Å². The van der Waals surface area contributed by atoms with E-state index in [1.54, 1.807) is 16.3 Å². The summed E-state index contributed by atoms with van der Waals surface area (Å²) in [5.74, 6) is -0.638. The van der Waals surface area contributed by atoms with Crippen molar-refractivity contribution in [2.75, 3.05) is 29.9 Å². The zero-order valence-corrected chi connectivity index (χ0v) is 14.8. The minimum absolute atomic E-state index is 0.0320. The van der Waals surface area contributed by atoms with Crippen LogP contribution in [0.1, 0.15) is 24.3 Å². The van der Waals surface area contributed by atoms with Crippen LogP contribution in [0.5, 0.6) is 0 Å². The van der Waals surface area contributed by atoms with E-state index in [0.29, 0.717) is 30.5 Å². The van der Waals surface area contributed by atoms with Gasteiger partial charge in [-0.05, 0) is 25.1 Å². The first-order valence-corrected chi connectivity index (χ1v) is 8.86. The van der Waals surface area contributed by atoms with Gasteiger partial charge >= 0.3 is 0 Å². The van der Waals surface area contributed by atoms with E-state index in [-0.39, 0.29) is 23.7 Å². The predicted octanol–water partition coefficient (Wildman–Crippen LogP) is 2.59. The molecule has 2 aromatic rings. The Morgan fingerprint density at radius 1 is 1.36 bits per heavy atom. The van der Waals surface area contributed by atoms with Crippen molar-refractivity contribution in [2.24, 2.45) is 0 Å². The Bertz CT molecular complexity index is 794. The van der Waals surface area contributed by atoms with Gasteiger partial charge in [-0.3, -0.25) is 9.59 Å². The molecule has 1 aliphatic rings. The van der Waals surface area contributed by atoms with Gasteiger partial charge in [-0.15, -0.1) is 11.3 Å². The lowest BCUT2D eigenvalue weighted by molar-refractivity contribution is -0.114. The average molecular weight is 362 g/mol. The molecule has 0 aliphatic carbocycles. The minimum atomic E-state index is -0.267. The standard InChI is InChI=1S/C17H19FN4O2S/c1-11-9-21(14-5-3-4-13(18)8-14)6-7-22(11)16(24)15-10-25-17(20-15)19-12(2)23/h3-5,8,10-11H,6-7,9H2,1-2H3,(H,19,20,23). The van der Waals surface area contributed by atoms with E-state index >= 15 is 0 Å². The fraction of sp³-hybridized carbons (Fsp3) is 0.353. The first-order chi connectivity index (χ1) is 11.9. The molecule has 1 aromatic heterocycles. The number of piperazine rings is 1. The Morgan fingerprint density at radius 2 is 2.16 bits per heavy atom. The smallest absolute Gasteiger partial charge is 0.273 e. The monoisotopic (exact) mass is 362 g/mol. The molecule has 1 fully saturated rings. The second kappa shape index (κ2) is 7.18. The van der Waals surface area contributed by atoms with E-state index in [1.165, 1.54) is 30.4 Å². The highest BCUT2D eigenvalue weighted by Gasteiger charge is 2.29. The lowest BCUT2D eigenvalue weighted by Gasteiger charge is -2.40. The van der Waals surface area contributed by atoms with E-state index in [9.17, 15) is 14.0 Å². The Hall–Kier alpha value is -2.48. The van der Waals surface area contributed by atoms with Crippen LogP contribution in [0.15, 0.2) is 29.6 Å². The number of anilines is 2. The van der Waals surface area contributed by atoms with Crippen molar-refractivity contribution in [2.45, 2.75) is 19.9 Å². The summed E-state index contributed by atoms with van der Waals surface area (Å²) in [6.45, 7) is 5.14. The summed E-state index contributed by atoms with van der Waals surface area (Å²) in [6.07, 6.45) is 0. The van der Waals surface area contributed by atoms with Crippen LogP contribution in [0.25, 0.3) is 0 Å². The van der Waals surface area contributed by atoms with E-state index < -0.39 is 0 Å². The Morgan fingerprint density at radius 3 is 2.84 bits per heavy atom. The van der Waals surface area contributed by atoms with Gasteiger partial charge in [0.15, 0.2) is 5.13 Å². The van der Waals surface area contributed by atoms with Gasteiger partial charge < -0.3 is 15.1 Å². The van der Waals surface area contributed by atoms with Crippen LogP contribution in [0.3, 0.4) is 0 Å². The molecule has 132 valence electrons. The molecule has 2 heterocycles. The molecule has 1 unspecified atom stereocenters. The van der Waals surface area contributed by atoms with Crippen molar-refractivity contribution in [1.82, 2.24) is 9.88 Å². The topological polar surface area (TPSA) is 65.5 Å². The molecule has 0 spiro atoms. The maximum absolute atomic E-state index is 13.4. The summed E-state index contributed by atoms with van der Waals surface area (Å²) in [4.78, 5) is 31.8. The van der Waals surface area contributed by atoms with Gasteiger partial charge in [0, 0.05) is 43.7 Å². The van der Waals surface area contributed by atoms with Crippen LogP contribution in [0.2, 0.25) is 0 Å². The number of nitrogens with one attached hydrogen (secondary N) is 1. The van der Waals surface area contributed by atoms with Crippen molar-refractivity contribution >= 4 is 34.0 Å². The number of hydrogen-bond acceptors (Lipinski definition) is 5. The third-order valence-electron chi connectivity index (χ3n) is 4.07. The number of halogens is 1. The molecular weight excluding hydrogens is 343 g/mol. The SMILES string of the molecule is CC(=O)Nc1nc(C(=O)N2CCN(c3cccc(F)c3)CC2C)cs1. The number of nitrogens with zero attached hydrogens (tertiary/aromatic N) is 3. The maximum Gasteiger partial charge on any atom is 0.273 e. The lowest BCUT2D eigenvalue weighted by atomic mass is 10.1. The quantitative estimate of drug-likeness (QED) is 0.911. The third-order valence-corrected chi connectivity index (χ3v) is 4.83. The fourth-order valence-corrected chi connectivity index (χ4v) is 3.62. The Balaban J connectivity index is 1.67. The van der Waals surface area contributed by atoms with Gasteiger partial charge in [0.2, 0.25) is 5.91 Å². The number of rotatable bonds is 3. The van der Waals surface area contributed by atoms with Crippen LogP contribution in [0, 0.1) is 5.82 Å². The normalized spacial score (nSPS) is 17.5. The van der Waals surface area contributed by atoms with Crippen LogP contribution in [-0.2, 0) is 4.79 Å². The fourth-order valence-electron chi connectivity index (χ4n) is 2.89. The van der Waals surface area contributed by atoms with Crippen molar-refractivity contribution < 1.29 is 14.0 Å². The second-order valence-electron chi connectivity index (χ2n) is 5.99. The number of benzene rings is 1. The number of amides is 2. The summed E-state index contributed by atoms with van der Waals surface area (Å²) in [5.41, 5.74) is 1.15. The lowest BCUT2D eigenvalue weighted by Crippen LogP contribution is -2.54. The van der Waals surface area contributed by atoms with Gasteiger partial charge in [-0.1, -0.05) is 6.07 Å². The highest BCUT2D eigenvalue weighted by Crippen LogP contribution is 2.23. The average Bonchev–Trinajstić information content (AvgIpc) is 3.02. The van der Waals surface area contributed by atoms with Crippen molar-refractivity contribution in [3.8, 4) is 0 Å². The number of carbonyl (C=O) groups excluding carboxylic acids is 2. The summed E-state index contributed by atoms with van der Waals surface area (Å²) < 4.78 is 13.4. The van der Waals surface area contributed by atoms with E-state index in [2.05, 4.69) is 15.2 Å². The largest absolute Gasteiger partial charge is 0.368 e. The Labute approximate surface area is 149 Å². The number of carbonyl (C=O) groups is 2. The van der Waals surface area contributed by atoms with Gasteiger partial charge in [0.25, 0.3) is 5.91 Å². The zero-order chi connectivity index (χ0) is 18.0. The predicted molar refractivity (Wildman–Crippen MR) is 95.5 cm³/mol. The second-order valence-corrected chi connectivity index (χ2v) is 6.85. The summed E-state index contributed by atoms with van der Waals surface area (Å²) >= 11 is 1.23. The van der Waals surface area contributed by atoms with Crippen molar-refractivity contribution in [3.05, 3.63) is 41.2 Å². The van der Waals surface area contributed by atoms with Crippen molar-refractivity contribution in [1.29, 1.82) is 0 Å². The summed E-state index contributed by atoms with van der Waals surface area (Å²) in [5, 5.41) is 4.65. The third kappa shape index (κ3) is 3.96. The first kappa shape index (κ1) is 17.3. The van der Waals surface area contributed by atoms with E-state index in [1.807, 2.05) is 13.0 Å². The molecule has 25 heavy (non-hydrogen) atoms. The summed E-state index contributed by atoms with van der Waals surface area (Å²) in [6, 6.07) is 6.45. The van der Waals surface area contributed by atoms with Crippen molar-refractivity contribution in [3.63, 3.8) is 0 Å². The molecule has 1 aliphatic heterocycles. The van der Waals surface area contributed by atoms with Crippen LogP contribution < -0.4 is 10.2 Å². The summed E-state index contributed by atoms with van der Waals surface area (Å²) in [7, 11) is 0. The number of thiazole rings is 1. The van der Waals surface area contributed by atoms with Gasteiger partial charge in [0.05, 0.1) is 0 Å². The molecule has 8 heteroatoms. The highest BCUT2D eigenvalue weighted by molar-refractivity contribution is 7.14. The molecule has 1 aromatic carbocycles. The molecule has 0 radical (unpaired) electrons. The van der Waals surface area contributed by atoms with Crippen LogP contribution in [0.4, 0.5) is 15.2 Å². The zero-order valence-electron chi connectivity index (χ0n) is 14.0. The van der Waals surface area contributed by atoms with Crippen LogP contribution >= 0.6 is 11.3 Å². The molecular formula is C17H19FN4O2S. The molecule has 0 bridgehead atoms. The maximum atomic E-state index is 13.4. The number of aromatic nitrogens is 1. The highest BCUT2D eigenvalue weighted by atomic mass is 32.1. The van der Waals surface area contributed by atoms with Gasteiger partial charge in [-0.25, -0.2) is 9.37 Å². The molecule has 6 nitrogen and oxygen atoms in total. The van der Waals surface area contributed by atoms with E-state index in [4.69, 9.17) is 0 Å². The molecule has 1 saturated heterocycles. The molecule has 2 amide bonds. The van der Waals surface area contributed by atoms with Crippen LogP contribution in [-0.4, -0.2) is 47.4 Å². The van der Waals surface area contributed by atoms with Gasteiger partial charge in [0.1, 0.15) is 11.5 Å². The Kier molecular flexibility index (Phi) is 4.98. The molecule has 1 atom stereocenters. The molecule has 3 rings (SSSR count). The number of hydrogen-bond donors (Lipinski definition) is 1. The molecule has 0 saturated carbocycles.